The molecular formula is C25H40N4O2. The molecule has 6 heteroatoms. The van der Waals surface area contributed by atoms with Crippen LogP contribution < -0.4 is 5.32 Å². The number of nitrogens with zero attached hydrogens (tertiary/aromatic N) is 3. The summed E-state index contributed by atoms with van der Waals surface area (Å²) in [5.41, 5.74) is 2.93. The highest BCUT2D eigenvalue weighted by atomic mass is 16.2. The van der Waals surface area contributed by atoms with E-state index in [4.69, 9.17) is 0 Å². The molecule has 3 rings (SSSR count). The third kappa shape index (κ3) is 6.78. The first-order chi connectivity index (χ1) is 14.9. The van der Waals surface area contributed by atoms with Gasteiger partial charge in [0, 0.05) is 57.9 Å². The Balaban J connectivity index is 1.45. The standard InChI is InChI=1S/C25H40N4O2/c1-5-27-9-11-28(12-10-27)17-21(4)16-26-24(30)22-7-6-8-29(18-22)25(31)23-14-19(2)13-20(3)15-23/h13-15,21-22H,5-12,16-18H2,1-4H3,(H,26,30)/t21-,22-/m1/s1. The number of aryl methyl sites for hydroxylation is 2. The summed E-state index contributed by atoms with van der Waals surface area (Å²) < 4.78 is 0. The van der Waals surface area contributed by atoms with Crippen LogP contribution in [0, 0.1) is 25.7 Å². The molecule has 6 nitrogen and oxygen atoms in total. The number of likely N-dealkylation sites (N-methyl/N-ethyl adjacent to an activating group) is 1. The molecule has 2 aliphatic heterocycles. The van der Waals surface area contributed by atoms with Crippen LogP contribution in [-0.4, -0.2) is 85.4 Å². The van der Waals surface area contributed by atoms with Gasteiger partial charge in [-0.1, -0.05) is 31.0 Å². The normalized spacial score (nSPS) is 21.7. The van der Waals surface area contributed by atoms with Gasteiger partial charge >= 0.3 is 0 Å². The van der Waals surface area contributed by atoms with E-state index >= 15 is 0 Å². The fraction of sp³-hybridized carbons (Fsp3) is 0.680. The first kappa shape index (κ1) is 23.7. The topological polar surface area (TPSA) is 55.9 Å². The van der Waals surface area contributed by atoms with Crippen molar-refractivity contribution < 1.29 is 9.59 Å². The number of piperazine rings is 1. The van der Waals surface area contributed by atoms with Crippen LogP contribution in [0.25, 0.3) is 0 Å². The Kier molecular flexibility index (Phi) is 8.50. The van der Waals surface area contributed by atoms with Gasteiger partial charge in [0.05, 0.1) is 5.92 Å². The number of piperidine rings is 1. The number of carbonyl (C=O) groups excluding carboxylic acids is 2. The molecule has 1 N–H and O–H groups in total. The number of nitrogens with one attached hydrogen (secondary N) is 1. The summed E-state index contributed by atoms with van der Waals surface area (Å²) in [6, 6.07) is 5.97. The van der Waals surface area contributed by atoms with Crippen LogP contribution in [0.1, 0.15) is 48.2 Å². The third-order valence-corrected chi connectivity index (χ3v) is 6.65. The molecule has 0 saturated carbocycles. The van der Waals surface area contributed by atoms with Gasteiger partial charge in [-0.3, -0.25) is 9.59 Å². The largest absolute Gasteiger partial charge is 0.355 e. The fourth-order valence-electron chi connectivity index (χ4n) is 4.87. The number of likely N-dealkylation sites (tertiary alicyclic amines) is 1. The van der Waals surface area contributed by atoms with Crippen LogP contribution in [0.5, 0.6) is 0 Å². The minimum atomic E-state index is -0.107. The van der Waals surface area contributed by atoms with E-state index in [0.29, 0.717) is 19.0 Å². The number of benzene rings is 1. The van der Waals surface area contributed by atoms with E-state index in [0.717, 1.165) is 75.3 Å². The molecule has 2 aliphatic rings. The molecule has 0 bridgehead atoms. The predicted octanol–water partition coefficient (Wildman–Crippen LogP) is 2.55. The smallest absolute Gasteiger partial charge is 0.253 e. The van der Waals surface area contributed by atoms with Crippen LogP contribution >= 0.6 is 0 Å². The van der Waals surface area contributed by atoms with Gasteiger partial charge in [0.2, 0.25) is 5.91 Å². The van der Waals surface area contributed by atoms with Crippen molar-refractivity contribution in [1.82, 2.24) is 20.0 Å². The lowest BCUT2D eigenvalue weighted by Crippen LogP contribution is -2.49. The van der Waals surface area contributed by atoms with Gasteiger partial charge in [-0.25, -0.2) is 0 Å². The van der Waals surface area contributed by atoms with E-state index in [1.165, 1.54) is 0 Å². The molecule has 1 aromatic rings. The summed E-state index contributed by atoms with van der Waals surface area (Å²) in [5.74, 6) is 0.460. The van der Waals surface area contributed by atoms with Crippen LogP contribution in [0.4, 0.5) is 0 Å². The molecule has 0 unspecified atom stereocenters. The molecule has 2 fully saturated rings. The van der Waals surface area contributed by atoms with Crippen molar-refractivity contribution in [3.05, 3.63) is 34.9 Å². The molecule has 2 heterocycles. The summed E-state index contributed by atoms with van der Waals surface area (Å²) in [6.07, 6.45) is 1.74. The van der Waals surface area contributed by atoms with Gasteiger partial charge in [-0.2, -0.15) is 0 Å². The van der Waals surface area contributed by atoms with Gasteiger partial charge in [-0.05, 0) is 51.3 Å². The maximum absolute atomic E-state index is 13.0. The zero-order valence-corrected chi connectivity index (χ0v) is 19.8. The van der Waals surface area contributed by atoms with Crippen molar-refractivity contribution in [1.29, 1.82) is 0 Å². The van der Waals surface area contributed by atoms with Gasteiger partial charge in [0.25, 0.3) is 5.91 Å². The Bertz CT molecular complexity index is 738. The lowest BCUT2D eigenvalue weighted by molar-refractivity contribution is -0.126. The van der Waals surface area contributed by atoms with Crippen molar-refractivity contribution in [2.24, 2.45) is 11.8 Å². The fourth-order valence-corrected chi connectivity index (χ4v) is 4.87. The minimum Gasteiger partial charge on any atom is -0.355 e. The van der Waals surface area contributed by atoms with Gasteiger partial charge in [0.15, 0.2) is 0 Å². The second-order valence-electron chi connectivity index (χ2n) is 9.55. The minimum absolute atomic E-state index is 0.0453. The molecule has 2 amide bonds. The number of carbonyl (C=O) groups is 2. The highest BCUT2D eigenvalue weighted by molar-refractivity contribution is 5.95. The summed E-state index contributed by atoms with van der Waals surface area (Å²) in [4.78, 5) is 32.7. The van der Waals surface area contributed by atoms with Crippen LogP contribution in [0.2, 0.25) is 0 Å². The van der Waals surface area contributed by atoms with Crippen molar-refractivity contribution >= 4 is 11.8 Å². The number of rotatable bonds is 7. The van der Waals surface area contributed by atoms with Crippen molar-refractivity contribution in [3.8, 4) is 0 Å². The average Bonchev–Trinajstić information content (AvgIpc) is 2.77. The molecule has 2 saturated heterocycles. The lowest BCUT2D eigenvalue weighted by Gasteiger charge is -2.35. The zero-order chi connectivity index (χ0) is 22.4. The SMILES string of the molecule is CCN1CCN(C[C@H](C)CNC(=O)[C@@H]2CCCN(C(=O)c3cc(C)cc(C)c3)C2)CC1. The second-order valence-corrected chi connectivity index (χ2v) is 9.55. The highest BCUT2D eigenvalue weighted by Crippen LogP contribution is 2.20. The predicted molar refractivity (Wildman–Crippen MR) is 125 cm³/mol. The number of hydrogen-bond donors (Lipinski definition) is 1. The molecular weight excluding hydrogens is 388 g/mol. The lowest BCUT2D eigenvalue weighted by atomic mass is 9.95. The van der Waals surface area contributed by atoms with Crippen molar-refractivity contribution in [2.75, 3.05) is 58.9 Å². The summed E-state index contributed by atoms with van der Waals surface area (Å²) >= 11 is 0. The Morgan fingerprint density at radius 3 is 2.32 bits per heavy atom. The second kappa shape index (κ2) is 11.1. The van der Waals surface area contributed by atoms with Gasteiger partial charge < -0.3 is 20.0 Å². The average molecular weight is 429 g/mol. The van der Waals surface area contributed by atoms with Crippen LogP contribution in [0.3, 0.4) is 0 Å². The van der Waals surface area contributed by atoms with E-state index in [9.17, 15) is 9.59 Å². The van der Waals surface area contributed by atoms with Gasteiger partial charge in [0.1, 0.15) is 0 Å². The molecule has 0 aliphatic carbocycles. The van der Waals surface area contributed by atoms with Gasteiger partial charge in [-0.15, -0.1) is 0 Å². The Morgan fingerprint density at radius 2 is 1.68 bits per heavy atom. The highest BCUT2D eigenvalue weighted by Gasteiger charge is 2.29. The Labute approximate surface area is 188 Å². The molecule has 0 aromatic heterocycles. The first-order valence-electron chi connectivity index (χ1n) is 12.0. The van der Waals surface area contributed by atoms with Crippen LogP contribution in [0.15, 0.2) is 18.2 Å². The first-order valence-corrected chi connectivity index (χ1v) is 12.0. The summed E-state index contributed by atoms with van der Waals surface area (Å²) in [7, 11) is 0. The van der Waals surface area contributed by atoms with Crippen molar-refractivity contribution in [2.45, 2.75) is 40.5 Å². The molecule has 31 heavy (non-hydrogen) atoms. The number of hydrogen-bond acceptors (Lipinski definition) is 4. The third-order valence-electron chi connectivity index (χ3n) is 6.65. The molecule has 0 spiro atoms. The summed E-state index contributed by atoms with van der Waals surface area (Å²) in [5, 5.41) is 3.17. The Morgan fingerprint density at radius 1 is 1.03 bits per heavy atom. The van der Waals surface area contributed by atoms with E-state index < -0.39 is 0 Å². The summed E-state index contributed by atoms with van der Waals surface area (Å²) in [6.45, 7) is 17.1. The molecule has 172 valence electrons. The molecule has 2 atom stereocenters. The van der Waals surface area contributed by atoms with E-state index in [-0.39, 0.29) is 17.7 Å². The quantitative estimate of drug-likeness (QED) is 0.725. The molecule has 0 radical (unpaired) electrons. The monoisotopic (exact) mass is 428 g/mol. The number of amides is 2. The Hall–Kier alpha value is -1.92. The van der Waals surface area contributed by atoms with Crippen LogP contribution in [-0.2, 0) is 4.79 Å². The maximum Gasteiger partial charge on any atom is 0.253 e. The zero-order valence-electron chi connectivity index (χ0n) is 19.8. The van der Waals surface area contributed by atoms with E-state index in [1.807, 2.05) is 30.9 Å². The van der Waals surface area contributed by atoms with E-state index in [1.54, 1.807) is 0 Å². The van der Waals surface area contributed by atoms with Crippen molar-refractivity contribution in [3.63, 3.8) is 0 Å². The molecule has 1 aromatic carbocycles. The van der Waals surface area contributed by atoms with E-state index in [2.05, 4.69) is 35.0 Å². The maximum atomic E-state index is 13.0.